The monoisotopic (exact) mass is 348 g/mol. The van der Waals surface area contributed by atoms with Gasteiger partial charge in [0, 0.05) is 0 Å². The first-order valence-electron chi connectivity index (χ1n) is 7.92. The van der Waals surface area contributed by atoms with Crippen molar-refractivity contribution >= 4 is 17.6 Å². The van der Waals surface area contributed by atoms with Crippen molar-refractivity contribution in [2.45, 2.75) is 37.7 Å². The van der Waals surface area contributed by atoms with Crippen LogP contribution in [0.2, 0.25) is 5.02 Å². The molecule has 0 unspecified atom stereocenters. The summed E-state index contributed by atoms with van der Waals surface area (Å²) >= 11 is 6.19. The second-order valence-electron chi connectivity index (χ2n) is 6.14. The van der Waals surface area contributed by atoms with Crippen molar-refractivity contribution in [1.29, 1.82) is 0 Å². The van der Waals surface area contributed by atoms with Crippen LogP contribution in [-0.2, 0) is 16.8 Å². The molecular formula is C19H18ClFO3. The van der Waals surface area contributed by atoms with E-state index in [1.54, 1.807) is 0 Å². The third kappa shape index (κ3) is 3.11. The highest BCUT2D eigenvalue weighted by Gasteiger charge is 2.43. The minimum Gasteiger partial charge on any atom is -0.484 e. The summed E-state index contributed by atoms with van der Waals surface area (Å²) in [5, 5.41) is 9.73. The van der Waals surface area contributed by atoms with Crippen molar-refractivity contribution in [2.75, 3.05) is 0 Å². The van der Waals surface area contributed by atoms with Gasteiger partial charge in [-0.1, -0.05) is 54.8 Å². The minimum absolute atomic E-state index is 0.0391. The molecule has 0 radical (unpaired) electrons. The molecule has 1 N–H and O–H groups in total. The second-order valence-corrected chi connectivity index (χ2v) is 6.54. The van der Waals surface area contributed by atoms with E-state index in [2.05, 4.69) is 0 Å². The molecule has 1 aliphatic carbocycles. The summed E-state index contributed by atoms with van der Waals surface area (Å²) in [5.74, 6) is -1.59. The van der Waals surface area contributed by atoms with Crippen molar-refractivity contribution in [3.8, 4) is 5.75 Å². The van der Waals surface area contributed by atoms with Gasteiger partial charge >= 0.3 is 5.97 Å². The third-order valence-electron chi connectivity index (χ3n) is 4.64. The Labute approximate surface area is 145 Å². The average molecular weight is 349 g/mol. The van der Waals surface area contributed by atoms with Crippen molar-refractivity contribution in [3.63, 3.8) is 0 Å². The fraction of sp³-hybridized carbons (Fsp3) is 0.316. The molecule has 0 aliphatic heterocycles. The number of aliphatic carboxylic acids is 1. The van der Waals surface area contributed by atoms with Gasteiger partial charge < -0.3 is 9.84 Å². The Bertz CT molecular complexity index is 717. The zero-order valence-electron chi connectivity index (χ0n) is 13.1. The lowest BCUT2D eigenvalue weighted by molar-refractivity contribution is -0.143. The number of carboxylic acids is 1. The van der Waals surface area contributed by atoms with Gasteiger partial charge in [0.2, 0.25) is 0 Å². The summed E-state index contributed by atoms with van der Waals surface area (Å²) in [6, 6.07) is 12.2. The zero-order valence-corrected chi connectivity index (χ0v) is 13.9. The topological polar surface area (TPSA) is 46.5 Å². The lowest BCUT2D eigenvalue weighted by atomic mass is 9.79. The Morgan fingerprint density at radius 3 is 2.46 bits per heavy atom. The molecule has 5 heteroatoms. The number of carbonyl (C=O) groups is 1. The highest BCUT2D eigenvalue weighted by Crippen LogP contribution is 2.44. The molecule has 0 bridgehead atoms. The first-order chi connectivity index (χ1) is 11.5. The van der Waals surface area contributed by atoms with E-state index in [-0.39, 0.29) is 17.4 Å². The Kier molecular flexibility index (Phi) is 4.76. The number of rotatable bonds is 5. The molecule has 3 nitrogen and oxygen atoms in total. The lowest BCUT2D eigenvalue weighted by Gasteiger charge is -2.25. The van der Waals surface area contributed by atoms with Gasteiger partial charge in [-0.05, 0) is 36.1 Å². The van der Waals surface area contributed by atoms with E-state index in [0.29, 0.717) is 18.4 Å². The van der Waals surface area contributed by atoms with Crippen LogP contribution in [0.3, 0.4) is 0 Å². The molecule has 0 heterocycles. The lowest BCUT2D eigenvalue weighted by Crippen LogP contribution is -2.32. The Hall–Kier alpha value is -2.07. The normalized spacial score (nSPS) is 16.1. The number of benzene rings is 2. The minimum atomic E-state index is -1.04. The molecule has 1 aliphatic rings. The largest absolute Gasteiger partial charge is 0.484 e. The Morgan fingerprint density at radius 2 is 1.88 bits per heavy atom. The molecule has 0 atom stereocenters. The number of halogens is 2. The maximum absolute atomic E-state index is 14.5. The van der Waals surface area contributed by atoms with Gasteiger partial charge in [-0.3, -0.25) is 4.79 Å². The van der Waals surface area contributed by atoms with E-state index in [0.717, 1.165) is 18.4 Å². The molecule has 24 heavy (non-hydrogen) atoms. The van der Waals surface area contributed by atoms with Crippen LogP contribution in [0.4, 0.5) is 4.39 Å². The van der Waals surface area contributed by atoms with Crippen molar-refractivity contribution < 1.29 is 19.0 Å². The van der Waals surface area contributed by atoms with Crippen LogP contribution in [0.5, 0.6) is 5.75 Å². The molecule has 0 aromatic heterocycles. The molecule has 0 amide bonds. The molecule has 2 aromatic rings. The van der Waals surface area contributed by atoms with E-state index >= 15 is 0 Å². The predicted octanol–water partition coefficient (Wildman–Crippen LogP) is 4.95. The Morgan fingerprint density at radius 1 is 1.21 bits per heavy atom. The second kappa shape index (κ2) is 6.81. The third-order valence-corrected chi connectivity index (χ3v) is 4.92. The number of hydrogen-bond donors (Lipinski definition) is 1. The standard InChI is InChI=1S/C19H18ClFO3/c20-15-10-14(19(18(22)23)8-4-5-9-19)11-16(21)17(15)24-12-13-6-2-1-3-7-13/h1-3,6-7,10-11H,4-5,8-9,12H2,(H,22,23). The van der Waals surface area contributed by atoms with Gasteiger partial charge in [0.1, 0.15) is 6.61 Å². The highest BCUT2D eigenvalue weighted by atomic mass is 35.5. The van der Waals surface area contributed by atoms with E-state index in [1.165, 1.54) is 12.1 Å². The van der Waals surface area contributed by atoms with Crippen LogP contribution in [0, 0.1) is 5.82 Å². The van der Waals surface area contributed by atoms with Gasteiger partial charge in [0.05, 0.1) is 10.4 Å². The van der Waals surface area contributed by atoms with Crippen LogP contribution < -0.4 is 4.74 Å². The first kappa shape index (κ1) is 16.8. The quantitative estimate of drug-likeness (QED) is 0.831. The van der Waals surface area contributed by atoms with Gasteiger partial charge in [-0.15, -0.1) is 0 Å². The molecule has 0 spiro atoms. The van der Waals surface area contributed by atoms with E-state index in [4.69, 9.17) is 16.3 Å². The van der Waals surface area contributed by atoms with Gasteiger partial charge in [0.15, 0.2) is 11.6 Å². The van der Waals surface area contributed by atoms with E-state index in [1.807, 2.05) is 30.3 Å². The zero-order chi connectivity index (χ0) is 17.2. The highest BCUT2D eigenvalue weighted by molar-refractivity contribution is 6.32. The molecule has 2 aromatic carbocycles. The summed E-state index contributed by atoms with van der Waals surface area (Å²) in [6.07, 6.45) is 2.64. The Balaban J connectivity index is 1.87. The molecule has 126 valence electrons. The van der Waals surface area contributed by atoms with Gasteiger partial charge in [0.25, 0.3) is 0 Å². The van der Waals surface area contributed by atoms with Crippen LogP contribution in [0.25, 0.3) is 0 Å². The summed E-state index contributed by atoms with van der Waals surface area (Å²) in [7, 11) is 0. The number of hydrogen-bond acceptors (Lipinski definition) is 2. The van der Waals surface area contributed by atoms with Crippen molar-refractivity contribution in [2.24, 2.45) is 0 Å². The number of carboxylic acid groups (broad SMARTS) is 1. The fourth-order valence-corrected chi connectivity index (χ4v) is 3.57. The van der Waals surface area contributed by atoms with Gasteiger partial charge in [-0.25, -0.2) is 4.39 Å². The fourth-order valence-electron chi connectivity index (χ4n) is 3.31. The number of ether oxygens (including phenoxy) is 1. The summed E-state index contributed by atoms with van der Waals surface area (Å²) in [6.45, 7) is 0.195. The molecule has 0 saturated heterocycles. The maximum Gasteiger partial charge on any atom is 0.314 e. The summed E-state index contributed by atoms with van der Waals surface area (Å²) < 4.78 is 20.0. The van der Waals surface area contributed by atoms with Crippen LogP contribution in [0.15, 0.2) is 42.5 Å². The smallest absolute Gasteiger partial charge is 0.314 e. The summed E-state index contributed by atoms with van der Waals surface area (Å²) in [4.78, 5) is 11.7. The molecule has 3 rings (SSSR count). The SMILES string of the molecule is O=C(O)C1(c2cc(F)c(OCc3ccccc3)c(Cl)c2)CCCC1. The van der Waals surface area contributed by atoms with Crippen LogP contribution in [-0.4, -0.2) is 11.1 Å². The van der Waals surface area contributed by atoms with Crippen LogP contribution in [0.1, 0.15) is 36.8 Å². The predicted molar refractivity (Wildman–Crippen MR) is 90.0 cm³/mol. The maximum atomic E-state index is 14.5. The average Bonchev–Trinajstić information content (AvgIpc) is 3.06. The van der Waals surface area contributed by atoms with Crippen molar-refractivity contribution in [3.05, 3.63) is 64.4 Å². The molecular weight excluding hydrogens is 331 g/mol. The first-order valence-corrected chi connectivity index (χ1v) is 8.30. The van der Waals surface area contributed by atoms with Crippen LogP contribution >= 0.6 is 11.6 Å². The molecule has 1 saturated carbocycles. The van der Waals surface area contributed by atoms with Crippen molar-refractivity contribution in [1.82, 2.24) is 0 Å². The van der Waals surface area contributed by atoms with E-state index in [9.17, 15) is 14.3 Å². The van der Waals surface area contributed by atoms with E-state index < -0.39 is 17.2 Å². The van der Waals surface area contributed by atoms with Gasteiger partial charge in [-0.2, -0.15) is 0 Å². The summed E-state index contributed by atoms with van der Waals surface area (Å²) in [5.41, 5.74) is 0.277. The molecule has 1 fully saturated rings.